The maximum atomic E-state index is 12.3. The Morgan fingerprint density at radius 3 is 2.41 bits per heavy atom. The summed E-state index contributed by atoms with van der Waals surface area (Å²) in [6.45, 7) is 0. The summed E-state index contributed by atoms with van der Waals surface area (Å²) < 4.78 is 5.69. The number of nitrogens with zero attached hydrogens (tertiary/aromatic N) is 1. The second-order valence-electron chi connectivity index (χ2n) is 5.19. The molecule has 112 valence electrons. The van der Waals surface area contributed by atoms with Crippen molar-refractivity contribution in [2.24, 2.45) is 0 Å². The van der Waals surface area contributed by atoms with E-state index in [1.54, 1.807) is 24.3 Å². The molecular weight excluding hydrogens is 302 g/mol. The first-order valence-corrected chi connectivity index (χ1v) is 7.08. The van der Waals surface area contributed by atoms with Gasteiger partial charge >= 0.3 is 0 Å². The zero-order valence-electron chi connectivity index (χ0n) is 12.1. The highest BCUT2D eigenvalue weighted by atomic mass is 35.5. The molecule has 0 amide bonds. The van der Waals surface area contributed by atoms with Gasteiger partial charge in [0.2, 0.25) is 11.2 Å². The predicted molar refractivity (Wildman–Crippen MR) is 88.9 cm³/mol. The fourth-order valence-corrected chi connectivity index (χ4v) is 2.44. The minimum absolute atomic E-state index is 0.158. The lowest BCUT2D eigenvalue weighted by atomic mass is 10.1. The van der Waals surface area contributed by atoms with Crippen LogP contribution in [0.5, 0.6) is 5.75 Å². The fraction of sp³-hybridized carbons (Fsp3) is 0.118. The van der Waals surface area contributed by atoms with Crippen LogP contribution in [0.15, 0.2) is 51.7 Å². The van der Waals surface area contributed by atoms with Crippen molar-refractivity contribution in [3.63, 3.8) is 0 Å². The van der Waals surface area contributed by atoms with Crippen molar-refractivity contribution in [1.29, 1.82) is 0 Å². The molecule has 0 aliphatic rings. The first-order valence-electron chi connectivity index (χ1n) is 6.70. The number of benzene rings is 2. The van der Waals surface area contributed by atoms with E-state index in [2.05, 4.69) is 0 Å². The van der Waals surface area contributed by atoms with Crippen LogP contribution < -0.4 is 10.3 Å². The Labute approximate surface area is 132 Å². The molecule has 0 saturated heterocycles. The molecular formula is C17H14ClNO3. The summed E-state index contributed by atoms with van der Waals surface area (Å²) in [6, 6.07) is 12.1. The summed E-state index contributed by atoms with van der Waals surface area (Å²) in [5.41, 5.74) is 1.55. The number of anilines is 1. The number of rotatable bonds is 2. The van der Waals surface area contributed by atoms with Gasteiger partial charge in [0, 0.05) is 30.4 Å². The van der Waals surface area contributed by atoms with Crippen LogP contribution in [0.1, 0.15) is 0 Å². The molecule has 0 spiro atoms. The molecule has 2 aromatic carbocycles. The number of hydrogen-bond acceptors (Lipinski definition) is 4. The monoisotopic (exact) mass is 315 g/mol. The molecule has 1 aromatic heterocycles. The van der Waals surface area contributed by atoms with Crippen LogP contribution in [0.4, 0.5) is 5.69 Å². The normalized spacial score (nSPS) is 10.9. The third kappa shape index (κ3) is 2.42. The topological polar surface area (TPSA) is 53.7 Å². The zero-order chi connectivity index (χ0) is 15.9. The smallest absolute Gasteiger partial charge is 0.235 e. The molecule has 0 aliphatic heterocycles. The van der Waals surface area contributed by atoms with Crippen LogP contribution in [-0.4, -0.2) is 19.2 Å². The summed E-state index contributed by atoms with van der Waals surface area (Å²) in [6.07, 6.45) is 0. The van der Waals surface area contributed by atoms with Gasteiger partial charge in [-0.05, 0) is 42.5 Å². The third-order valence-electron chi connectivity index (χ3n) is 3.47. The van der Waals surface area contributed by atoms with E-state index < -0.39 is 11.2 Å². The molecule has 22 heavy (non-hydrogen) atoms. The van der Waals surface area contributed by atoms with Crippen molar-refractivity contribution in [2.75, 3.05) is 19.0 Å². The second-order valence-corrected chi connectivity index (χ2v) is 5.63. The third-order valence-corrected chi connectivity index (χ3v) is 3.71. The Hall–Kier alpha value is -2.46. The van der Waals surface area contributed by atoms with Crippen LogP contribution >= 0.6 is 11.6 Å². The van der Waals surface area contributed by atoms with Crippen LogP contribution in [0.2, 0.25) is 5.02 Å². The van der Waals surface area contributed by atoms with E-state index in [1.165, 1.54) is 6.07 Å². The van der Waals surface area contributed by atoms with E-state index in [1.807, 2.05) is 31.1 Å². The summed E-state index contributed by atoms with van der Waals surface area (Å²) in [7, 11) is 3.87. The zero-order valence-corrected chi connectivity index (χ0v) is 12.9. The fourth-order valence-electron chi connectivity index (χ4n) is 2.26. The predicted octanol–water partition coefficient (Wildman–Crippen LogP) is 3.89. The Morgan fingerprint density at radius 1 is 1.09 bits per heavy atom. The molecule has 1 heterocycles. The number of fused-ring (bicyclic) bond motifs is 1. The van der Waals surface area contributed by atoms with E-state index in [0.717, 1.165) is 5.69 Å². The molecule has 1 N–H and O–H groups in total. The van der Waals surface area contributed by atoms with Crippen molar-refractivity contribution in [3.05, 3.63) is 57.7 Å². The molecule has 0 aliphatic carbocycles. The number of aromatic hydroxyl groups is 1. The van der Waals surface area contributed by atoms with Crippen molar-refractivity contribution in [1.82, 2.24) is 0 Å². The molecule has 0 saturated carbocycles. The summed E-state index contributed by atoms with van der Waals surface area (Å²) in [5.74, 6) is -0.252. The van der Waals surface area contributed by atoms with Crippen LogP contribution in [-0.2, 0) is 0 Å². The lowest BCUT2D eigenvalue weighted by Crippen LogP contribution is -2.08. The highest BCUT2D eigenvalue weighted by molar-refractivity contribution is 6.31. The summed E-state index contributed by atoms with van der Waals surface area (Å²) in [5, 5.41) is 10.8. The molecule has 3 aromatic rings. The molecule has 0 unspecified atom stereocenters. The Balaban J connectivity index is 2.21. The Bertz CT molecular complexity index is 898. The molecule has 0 atom stereocenters. The van der Waals surface area contributed by atoms with Gasteiger partial charge in [-0.15, -0.1) is 0 Å². The van der Waals surface area contributed by atoms with E-state index >= 15 is 0 Å². The lowest BCUT2D eigenvalue weighted by Gasteiger charge is -2.13. The first kappa shape index (κ1) is 14.5. The molecule has 0 radical (unpaired) electrons. The molecule has 0 bridgehead atoms. The SMILES string of the molecule is CN(C)c1ccc(-c2oc3ccc(Cl)cc3c(=O)c2O)cc1. The Morgan fingerprint density at radius 2 is 1.77 bits per heavy atom. The van der Waals surface area contributed by atoms with Gasteiger partial charge in [0.1, 0.15) is 5.58 Å². The molecule has 5 heteroatoms. The van der Waals surface area contributed by atoms with Gasteiger partial charge in [0.25, 0.3) is 0 Å². The minimum Gasteiger partial charge on any atom is -0.502 e. The standard InChI is InChI=1S/C17H14ClNO3/c1-19(2)12-6-3-10(4-7-12)17-16(21)15(20)13-9-11(18)5-8-14(13)22-17/h3-9,21H,1-2H3. The van der Waals surface area contributed by atoms with Gasteiger partial charge in [-0.3, -0.25) is 4.79 Å². The van der Waals surface area contributed by atoms with Gasteiger partial charge in [0.15, 0.2) is 5.76 Å². The van der Waals surface area contributed by atoms with Crippen molar-refractivity contribution >= 4 is 28.3 Å². The van der Waals surface area contributed by atoms with E-state index in [9.17, 15) is 9.90 Å². The minimum atomic E-state index is -0.490. The average Bonchev–Trinajstić information content (AvgIpc) is 2.51. The van der Waals surface area contributed by atoms with Crippen molar-refractivity contribution in [2.45, 2.75) is 0 Å². The van der Waals surface area contributed by atoms with E-state index in [4.69, 9.17) is 16.0 Å². The van der Waals surface area contributed by atoms with Gasteiger partial charge in [-0.2, -0.15) is 0 Å². The number of halogens is 1. The lowest BCUT2D eigenvalue weighted by molar-refractivity contribution is 0.449. The molecule has 3 rings (SSSR count). The van der Waals surface area contributed by atoms with Crippen LogP contribution in [0, 0.1) is 0 Å². The maximum Gasteiger partial charge on any atom is 0.235 e. The highest BCUT2D eigenvalue weighted by Crippen LogP contribution is 2.31. The highest BCUT2D eigenvalue weighted by Gasteiger charge is 2.15. The summed E-state index contributed by atoms with van der Waals surface area (Å²) >= 11 is 5.88. The van der Waals surface area contributed by atoms with E-state index in [0.29, 0.717) is 16.2 Å². The van der Waals surface area contributed by atoms with Crippen LogP contribution in [0.25, 0.3) is 22.3 Å². The second kappa shape index (κ2) is 5.39. The van der Waals surface area contributed by atoms with Gasteiger partial charge in [0.05, 0.1) is 5.39 Å². The molecule has 0 fully saturated rings. The largest absolute Gasteiger partial charge is 0.502 e. The van der Waals surface area contributed by atoms with Gasteiger partial charge in [-0.1, -0.05) is 11.6 Å². The van der Waals surface area contributed by atoms with Gasteiger partial charge < -0.3 is 14.4 Å². The number of hydrogen-bond donors (Lipinski definition) is 1. The maximum absolute atomic E-state index is 12.3. The van der Waals surface area contributed by atoms with E-state index in [-0.39, 0.29) is 11.1 Å². The quantitative estimate of drug-likeness (QED) is 0.779. The molecule has 4 nitrogen and oxygen atoms in total. The van der Waals surface area contributed by atoms with Crippen molar-refractivity contribution < 1.29 is 9.52 Å². The Kier molecular flexibility index (Phi) is 3.54. The average molecular weight is 316 g/mol. The summed E-state index contributed by atoms with van der Waals surface area (Å²) in [4.78, 5) is 14.2. The first-order chi connectivity index (χ1) is 10.5. The van der Waals surface area contributed by atoms with Gasteiger partial charge in [-0.25, -0.2) is 0 Å². The van der Waals surface area contributed by atoms with Crippen molar-refractivity contribution in [3.8, 4) is 17.1 Å². The van der Waals surface area contributed by atoms with Crippen LogP contribution in [0.3, 0.4) is 0 Å².